The van der Waals surface area contributed by atoms with Crippen molar-refractivity contribution in [1.82, 2.24) is 0 Å². The van der Waals surface area contributed by atoms with Crippen molar-refractivity contribution in [2.24, 2.45) is 5.41 Å². The molecule has 0 aromatic carbocycles. The van der Waals surface area contributed by atoms with Crippen molar-refractivity contribution < 1.29 is 4.43 Å². The van der Waals surface area contributed by atoms with E-state index in [0.717, 1.165) is 17.1 Å². The van der Waals surface area contributed by atoms with Gasteiger partial charge in [0.25, 0.3) is 0 Å². The molecule has 0 aliphatic heterocycles. The molecule has 0 saturated carbocycles. The molecule has 2 heteroatoms. The minimum atomic E-state index is 0.491. The summed E-state index contributed by atoms with van der Waals surface area (Å²) in [5, 5.41) is 0. The monoisotopic (exact) mass is 539 g/mol. The summed E-state index contributed by atoms with van der Waals surface area (Å²) >= 11 is 0. The molecule has 0 heterocycles. The summed E-state index contributed by atoms with van der Waals surface area (Å²) < 4.78 is 6.05. The van der Waals surface area contributed by atoms with Crippen LogP contribution in [-0.2, 0) is 4.43 Å². The molecule has 0 atom stereocenters. The summed E-state index contributed by atoms with van der Waals surface area (Å²) in [6.07, 6.45) is 43.2. The standard InChI is InChI=1S/C35H74OSi/c1-4-7-10-13-16-19-22-25-28-31-35(34-36-37,32-29-26-23-20-17-14-11-8-5-2)33-30-27-24-21-18-15-12-9-6-3/h4-34H2,1-3,37H3. The highest BCUT2D eigenvalue weighted by Gasteiger charge is 2.28. The van der Waals surface area contributed by atoms with Crippen LogP contribution < -0.4 is 0 Å². The average Bonchev–Trinajstić information content (AvgIpc) is 2.90. The van der Waals surface area contributed by atoms with Gasteiger partial charge in [0.05, 0.1) is 0 Å². The van der Waals surface area contributed by atoms with E-state index in [9.17, 15) is 0 Å². The van der Waals surface area contributed by atoms with Gasteiger partial charge in [0, 0.05) is 6.61 Å². The minimum absolute atomic E-state index is 0.491. The first kappa shape index (κ1) is 37.2. The normalized spacial score (nSPS) is 12.1. The summed E-state index contributed by atoms with van der Waals surface area (Å²) in [5.74, 6) is 0. The predicted octanol–water partition coefficient (Wildman–Crippen LogP) is 12.0. The number of rotatable bonds is 32. The van der Waals surface area contributed by atoms with Crippen LogP contribution in [0.4, 0.5) is 0 Å². The molecule has 0 rings (SSSR count). The van der Waals surface area contributed by atoms with Crippen LogP contribution in [0.2, 0.25) is 0 Å². The van der Waals surface area contributed by atoms with Gasteiger partial charge in [0.2, 0.25) is 0 Å². The van der Waals surface area contributed by atoms with E-state index in [4.69, 9.17) is 4.43 Å². The van der Waals surface area contributed by atoms with Gasteiger partial charge in [-0.2, -0.15) is 0 Å². The van der Waals surface area contributed by atoms with Gasteiger partial charge in [0.15, 0.2) is 0 Å². The van der Waals surface area contributed by atoms with Gasteiger partial charge < -0.3 is 4.43 Å². The lowest BCUT2D eigenvalue weighted by atomic mass is 9.74. The Labute approximate surface area is 240 Å². The molecule has 0 spiro atoms. The first-order valence-electron chi connectivity index (χ1n) is 17.7. The molecule has 0 aliphatic rings. The SMILES string of the molecule is CCCCCCCCCCCC(CCCCCCCCCCC)(CCCCCCCCCCC)CO[SiH3]. The van der Waals surface area contributed by atoms with Gasteiger partial charge in [0.1, 0.15) is 10.5 Å². The fourth-order valence-corrected chi connectivity index (χ4v) is 6.94. The maximum Gasteiger partial charge on any atom is 0.145 e. The zero-order valence-electron chi connectivity index (χ0n) is 26.8. The van der Waals surface area contributed by atoms with E-state index in [0.29, 0.717) is 5.41 Å². The molecule has 0 N–H and O–H groups in total. The van der Waals surface area contributed by atoms with E-state index in [1.54, 1.807) is 0 Å². The van der Waals surface area contributed by atoms with Crippen LogP contribution >= 0.6 is 0 Å². The highest BCUT2D eigenvalue weighted by molar-refractivity contribution is 5.97. The van der Waals surface area contributed by atoms with E-state index < -0.39 is 0 Å². The van der Waals surface area contributed by atoms with Crippen molar-refractivity contribution in [2.45, 2.75) is 213 Å². The smallest absolute Gasteiger partial charge is 0.145 e. The predicted molar refractivity (Wildman–Crippen MR) is 174 cm³/mol. The highest BCUT2D eigenvalue weighted by Crippen LogP contribution is 2.38. The zero-order chi connectivity index (χ0) is 27.1. The molecule has 1 nitrogen and oxygen atoms in total. The summed E-state index contributed by atoms with van der Waals surface area (Å²) in [6.45, 7) is 8.01. The van der Waals surface area contributed by atoms with Gasteiger partial charge in [-0.1, -0.05) is 194 Å². The second-order valence-corrected chi connectivity index (χ2v) is 13.2. The van der Waals surface area contributed by atoms with Gasteiger partial charge in [-0.05, 0) is 24.7 Å². The first-order chi connectivity index (χ1) is 18.2. The Kier molecular flexibility index (Phi) is 30.9. The zero-order valence-corrected chi connectivity index (χ0v) is 28.8. The van der Waals surface area contributed by atoms with Gasteiger partial charge in [-0.3, -0.25) is 0 Å². The Hall–Kier alpha value is 0.177. The van der Waals surface area contributed by atoms with Crippen LogP contribution in [-0.4, -0.2) is 17.1 Å². The second kappa shape index (κ2) is 30.7. The van der Waals surface area contributed by atoms with Gasteiger partial charge in [-0.25, -0.2) is 0 Å². The fourth-order valence-electron chi connectivity index (χ4n) is 6.33. The lowest BCUT2D eigenvalue weighted by molar-refractivity contribution is 0.107. The number of unbranched alkanes of at least 4 members (excludes halogenated alkanes) is 24. The molecular formula is C35H74OSi. The molecule has 37 heavy (non-hydrogen) atoms. The van der Waals surface area contributed by atoms with E-state index in [1.165, 1.54) is 193 Å². The molecule has 224 valence electrons. The summed E-state index contributed by atoms with van der Waals surface area (Å²) in [4.78, 5) is 0. The largest absolute Gasteiger partial charge is 0.427 e. The van der Waals surface area contributed by atoms with Crippen molar-refractivity contribution in [3.63, 3.8) is 0 Å². The lowest BCUT2D eigenvalue weighted by Crippen LogP contribution is -2.27. The third-order valence-corrected chi connectivity index (χ3v) is 9.17. The van der Waals surface area contributed by atoms with Crippen LogP contribution in [0.5, 0.6) is 0 Å². The molecule has 0 bridgehead atoms. The van der Waals surface area contributed by atoms with E-state index in [2.05, 4.69) is 20.8 Å². The van der Waals surface area contributed by atoms with Crippen LogP contribution in [0, 0.1) is 5.41 Å². The maximum absolute atomic E-state index is 6.05. The fraction of sp³-hybridized carbons (Fsp3) is 1.00. The Morgan fingerprint density at radius 1 is 0.351 bits per heavy atom. The molecule has 0 aliphatic carbocycles. The van der Waals surface area contributed by atoms with Crippen molar-refractivity contribution in [2.75, 3.05) is 6.61 Å². The van der Waals surface area contributed by atoms with Gasteiger partial charge in [-0.15, -0.1) is 0 Å². The van der Waals surface area contributed by atoms with Crippen LogP contribution in [0.15, 0.2) is 0 Å². The first-order valence-corrected chi connectivity index (χ1v) is 18.5. The van der Waals surface area contributed by atoms with E-state index in [1.807, 2.05) is 0 Å². The molecule has 0 aromatic rings. The molecular weight excluding hydrogens is 464 g/mol. The van der Waals surface area contributed by atoms with Crippen molar-refractivity contribution in [3.05, 3.63) is 0 Å². The molecule has 0 saturated heterocycles. The third kappa shape index (κ3) is 26.2. The van der Waals surface area contributed by atoms with Crippen LogP contribution in [0.25, 0.3) is 0 Å². The molecule has 0 unspecified atom stereocenters. The third-order valence-electron chi connectivity index (χ3n) is 8.88. The molecule has 0 fully saturated rings. The maximum atomic E-state index is 6.05. The quantitative estimate of drug-likeness (QED) is 0.0611. The van der Waals surface area contributed by atoms with E-state index >= 15 is 0 Å². The summed E-state index contributed by atoms with van der Waals surface area (Å²) in [7, 11) is 0.904. The Balaban J connectivity index is 4.37. The van der Waals surface area contributed by atoms with Crippen molar-refractivity contribution in [3.8, 4) is 0 Å². The van der Waals surface area contributed by atoms with Crippen LogP contribution in [0.3, 0.4) is 0 Å². The van der Waals surface area contributed by atoms with Gasteiger partial charge >= 0.3 is 0 Å². The van der Waals surface area contributed by atoms with Crippen molar-refractivity contribution >= 4 is 10.5 Å². The average molecular weight is 539 g/mol. The second-order valence-electron chi connectivity index (χ2n) is 12.7. The summed E-state index contributed by atoms with van der Waals surface area (Å²) in [5.41, 5.74) is 0.491. The molecule has 0 amide bonds. The Morgan fingerprint density at radius 3 is 0.784 bits per heavy atom. The number of hydrogen-bond acceptors (Lipinski definition) is 1. The summed E-state index contributed by atoms with van der Waals surface area (Å²) in [6, 6.07) is 0. The lowest BCUT2D eigenvalue weighted by Gasteiger charge is -2.34. The topological polar surface area (TPSA) is 9.23 Å². The number of hydrogen-bond donors (Lipinski definition) is 0. The Morgan fingerprint density at radius 2 is 0.568 bits per heavy atom. The highest BCUT2D eigenvalue weighted by atomic mass is 28.2. The van der Waals surface area contributed by atoms with E-state index in [-0.39, 0.29) is 0 Å². The minimum Gasteiger partial charge on any atom is -0.427 e. The Bertz CT molecular complexity index is 355. The van der Waals surface area contributed by atoms with Crippen LogP contribution in [0.1, 0.15) is 213 Å². The molecule has 0 radical (unpaired) electrons. The molecule has 0 aromatic heterocycles. The van der Waals surface area contributed by atoms with Crippen molar-refractivity contribution in [1.29, 1.82) is 0 Å².